The average molecular weight is 448 g/mol. The lowest BCUT2D eigenvalue weighted by atomic mass is 9.79. The summed E-state index contributed by atoms with van der Waals surface area (Å²) in [5.74, 6) is 0.517. The van der Waals surface area contributed by atoms with E-state index >= 15 is 0 Å². The Morgan fingerprint density at radius 1 is 1.16 bits per heavy atom. The third kappa shape index (κ3) is 4.11. The zero-order valence-electron chi connectivity index (χ0n) is 20.0. The van der Waals surface area contributed by atoms with Crippen molar-refractivity contribution in [1.29, 1.82) is 0 Å². The van der Waals surface area contributed by atoms with Gasteiger partial charge in [-0.2, -0.15) is 0 Å². The number of thioether (sulfide) groups is 1. The number of anilines is 1. The Balaban J connectivity index is 1.72. The van der Waals surface area contributed by atoms with Crippen LogP contribution in [0.5, 0.6) is 0 Å². The van der Waals surface area contributed by atoms with Crippen LogP contribution in [0.1, 0.15) is 63.6 Å². The first-order valence-electron chi connectivity index (χ1n) is 11.5. The van der Waals surface area contributed by atoms with Crippen molar-refractivity contribution < 1.29 is 4.79 Å². The van der Waals surface area contributed by atoms with Crippen molar-refractivity contribution in [3.8, 4) is 0 Å². The number of likely N-dealkylation sites (N-methyl/N-ethyl adjacent to an activating group) is 1. The third-order valence-electron chi connectivity index (χ3n) is 6.56. The first-order chi connectivity index (χ1) is 15.2. The van der Waals surface area contributed by atoms with Crippen LogP contribution in [0.2, 0.25) is 0 Å². The number of carbonyl (C=O) groups excluding carboxylic acids is 1. The number of nitrogens with zero attached hydrogens (tertiary/aromatic N) is 3. The van der Waals surface area contributed by atoms with Crippen LogP contribution in [0.25, 0.3) is 6.08 Å². The average Bonchev–Trinajstić information content (AvgIpc) is 3.03. The van der Waals surface area contributed by atoms with Crippen molar-refractivity contribution in [3.63, 3.8) is 0 Å². The largest absolute Gasteiger partial charge is 0.366 e. The molecule has 168 valence electrons. The fraction of sp³-hybridized carbons (Fsp3) is 0.407. The summed E-state index contributed by atoms with van der Waals surface area (Å²) in [6.07, 6.45) is 3.18. The molecule has 2 aromatic rings. The van der Waals surface area contributed by atoms with Gasteiger partial charge in [0.2, 0.25) is 0 Å². The van der Waals surface area contributed by atoms with Crippen LogP contribution in [0.15, 0.2) is 52.4 Å². The minimum absolute atomic E-state index is 0.0358. The van der Waals surface area contributed by atoms with Gasteiger partial charge in [-0.1, -0.05) is 25.1 Å². The molecule has 0 radical (unpaired) electrons. The molecule has 0 saturated carbocycles. The van der Waals surface area contributed by atoms with E-state index in [1.165, 1.54) is 28.6 Å². The van der Waals surface area contributed by atoms with Gasteiger partial charge < -0.3 is 4.90 Å². The molecule has 1 amide bonds. The van der Waals surface area contributed by atoms with Crippen molar-refractivity contribution in [2.24, 2.45) is 4.99 Å². The fourth-order valence-electron chi connectivity index (χ4n) is 5.03. The minimum atomic E-state index is 0.0358. The Labute approximate surface area is 196 Å². The number of amidine groups is 1. The molecule has 0 aromatic heterocycles. The van der Waals surface area contributed by atoms with Crippen LogP contribution in [0.4, 0.5) is 11.4 Å². The number of aliphatic imine (C=N–C) groups is 1. The molecule has 4 nitrogen and oxygen atoms in total. The molecule has 0 bridgehead atoms. The SMILES string of the molecule is CCN1C(=O)/C(=C/c2cc3c(cc2C)N(CC)C(C)(C)C[C@@H]3C)SC1=Nc1ccccc1. The minimum Gasteiger partial charge on any atom is -0.366 e. The van der Waals surface area contributed by atoms with E-state index in [1.54, 1.807) is 4.90 Å². The summed E-state index contributed by atoms with van der Waals surface area (Å²) in [6.45, 7) is 15.0. The van der Waals surface area contributed by atoms with Gasteiger partial charge in [0.05, 0.1) is 10.6 Å². The molecule has 2 aromatic carbocycles. The molecule has 0 spiro atoms. The molecule has 5 heteroatoms. The van der Waals surface area contributed by atoms with E-state index < -0.39 is 0 Å². The lowest BCUT2D eigenvalue weighted by molar-refractivity contribution is -0.122. The number of amides is 1. The predicted octanol–water partition coefficient (Wildman–Crippen LogP) is 6.73. The Morgan fingerprint density at radius 2 is 1.88 bits per heavy atom. The topological polar surface area (TPSA) is 35.9 Å². The first-order valence-corrected chi connectivity index (χ1v) is 12.3. The van der Waals surface area contributed by atoms with Crippen LogP contribution in [-0.4, -0.2) is 34.6 Å². The summed E-state index contributed by atoms with van der Waals surface area (Å²) in [7, 11) is 0. The number of aryl methyl sites for hydroxylation is 1. The van der Waals surface area contributed by atoms with Gasteiger partial charge in [-0.15, -0.1) is 0 Å². The number of hydrogen-bond acceptors (Lipinski definition) is 4. The summed E-state index contributed by atoms with van der Waals surface area (Å²) in [5.41, 5.74) is 6.05. The normalized spacial score (nSPS) is 22.7. The Bertz CT molecular complexity index is 1090. The van der Waals surface area contributed by atoms with Gasteiger partial charge in [-0.05, 0) is 106 Å². The highest BCUT2D eigenvalue weighted by atomic mass is 32.2. The first kappa shape index (κ1) is 22.7. The standard InChI is InChI=1S/C27H33N3OS/c1-7-29-25(31)24(32-26(29)28-21-12-10-9-11-13-21)16-20-15-22-19(4)17-27(5,6)30(8-2)23(22)14-18(20)3/h9-16,19H,7-8,17H2,1-6H3/b24-16-,28-26?/t19-/m0/s1. The number of fused-ring (bicyclic) bond motifs is 1. The van der Waals surface area contributed by atoms with Gasteiger partial charge in [0, 0.05) is 24.3 Å². The number of benzene rings is 2. The van der Waals surface area contributed by atoms with E-state index in [0.29, 0.717) is 12.5 Å². The Hall–Kier alpha value is -2.53. The van der Waals surface area contributed by atoms with Gasteiger partial charge in [0.15, 0.2) is 5.17 Å². The van der Waals surface area contributed by atoms with Crippen molar-refractivity contribution in [2.75, 3.05) is 18.0 Å². The molecule has 2 heterocycles. The molecule has 1 fully saturated rings. The molecule has 4 rings (SSSR count). The maximum absolute atomic E-state index is 13.1. The predicted molar refractivity (Wildman–Crippen MR) is 138 cm³/mol. The van der Waals surface area contributed by atoms with Gasteiger partial charge >= 0.3 is 0 Å². The van der Waals surface area contributed by atoms with Gasteiger partial charge in [-0.25, -0.2) is 4.99 Å². The summed E-state index contributed by atoms with van der Waals surface area (Å²) in [6, 6.07) is 14.4. The summed E-state index contributed by atoms with van der Waals surface area (Å²) in [4.78, 5) is 22.9. The molecule has 1 saturated heterocycles. The molecule has 2 aliphatic rings. The van der Waals surface area contributed by atoms with E-state index in [0.717, 1.165) is 34.3 Å². The monoisotopic (exact) mass is 447 g/mol. The lowest BCUT2D eigenvalue weighted by Gasteiger charge is -2.47. The quantitative estimate of drug-likeness (QED) is 0.487. The molecule has 32 heavy (non-hydrogen) atoms. The summed E-state index contributed by atoms with van der Waals surface area (Å²) < 4.78 is 0. The third-order valence-corrected chi connectivity index (χ3v) is 7.57. The Morgan fingerprint density at radius 3 is 2.53 bits per heavy atom. The van der Waals surface area contributed by atoms with E-state index in [-0.39, 0.29) is 11.4 Å². The van der Waals surface area contributed by atoms with Crippen molar-refractivity contribution in [2.45, 2.75) is 59.4 Å². The van der Waals surface area contributed by atoms with Gasteiger partial charge in [0.1, 0.15) is 0 Å². The molecular weight excluding hydrogens is 414 g/mol. The van der Waals surface area contributed by atoms with Crippen LogP contribution < -0.4 is 4.90 Å². The fourth-order valence-corrected chi connectivity index (χ4v) is 6.08. The van der Waals surface area contributed by atoms with Crippen molar-refractivity contribution in [3.05, 3.63) is 64.1 Å². The highest BCUT2D eigenvalue weighted by molar-refractivity contribution is 8.18. The Kier molecular flexibility index (Phi) is 6.22. The van der Waals surface area contributed by atoms with Crippen LogP contribution in [-0.2, 0) is 4.79 Å². The van der Waals surface area contributed by atoms with Gasteiger partial charge in [0.25, 0.3) is 5.91 Å². The summed E-state index contributed by atoms with van der Waals surface area (Å²) >= 11 is 1.47. The van der Waals surface area contributed by atoms with Gasteiger partial charge in [-0.3, -0.25) is 9.69 Å². The maximum atomic E-state index is 13.1. The van der Waals surface area contributed by atoms with E-state index in [9.17, 15) is 4.79 Å². The zero-order valence-corrected chi connectivity index (χ0v) is 20.8. The van der Waals surface area contributed by atoms with E-state index in [1.807, 2.05) is 37.3 Å². The smallest absolute Gasteiger partial charge is 0.266 e. The molecule has 1 atom stereocenters. The van der Waals surface area contributed by atoms with E-state index in [4.69, 9.17) is 4.99 Å². The molecule has 2 aliphatic heterocycles. The zero-order chi connectivity index (χ0) is 23.0. The van der Waals surface area contributed by atoms with Crippen molar-refractivity contribution in [1.82, 2.24) is 4.90 Å². The number of rotatable bonds is 4. The molecule has 0 N–H and O–H groups in total. The molecule has 0 unspecified atom stereocenters. The summed E-state index contributed by atoms with van der Waals surface area (Å²) in [5, 5.41) is 0.748. The molecule has 0 aliphatic carbocycles. The van der Waals surface area contributed by atoms with Crippen molar-refractivity contribution >= 4 is 40.3 Å². The van der Waals surface area contributed by atoms with E-state index in [2.05, 4.69) is 57.7 Å². The highest BCUT2D eigenvalue weighted by Gasteiger charge is 2.36. The second-order valence-electron chi connectivity index (χ2n) is 9.32. The maximum Gasteiger partial charge on any atom is 0.266 e. The molecular formula is C27H33N3OS. The van der Waals surface area contributed by atoms with Crippen LogP contribution >= 0.6 is 11.8 Å². The lowest BCUT2D eigenvalue weighted by Crippen LogP contribution is -2.48. The number of carbonyl (C=O) groups is 1. The highest BCUT2D eigenvalue weighted by Crippen LogP contribution is 2.45. The second-order valence-corrected chi connectivity index (χ2v) is 10.3. The number of hydrogen-bond donors (Lipinski definition) is 0. The van der Waals surface area contributed by atoms with Crippen LogP contribution in [0.3, 0.4) is 0 Å². The van der Waals surface area contributed by atoms with Crippen LogP contribution in [0, 0.1) is 6.92 Å². The second kappa shape index (κ2) is 8.78. The number of para-hydroxylation sites is 1.